The molecule has 0 aromatic heterocycles. The van der Waals surface area contributed by atoms with Gasteiger partial charge in [0.2, 0.25) is 0 Å². The first-order valence-corrected chi connectivity index (χ1v) is 7.67. The van der Waals surface area contributed by atoms with Crippen molar-refractivity contribution in [2.75, 3.05) is 6.61 Å². The summed E-state index contributed by atoms with van der Waals surface area (Å²) in [4.78, 5) is 9.88. The number of hydrogen-bond acceptors (Lipinski definition) is 5. The maximum Gasteiger partial charge on any atom is 0.312 e. The van der Waals surface area contributed by atoms with Crippen LogP contribution in [-0.2, 0) is 9.05 Å². The maximum absolute atomic E-state index is 11.1. The summed E-state index contributed by atoms with van der Waals surface area (Å²) in [6.07, 6.45) is 0. The van der Waals surface area contributed by atoms with E-state index in [0.29, 0.717) is 0 Å². The van der Waals surface area contributed by atoms with Crippen LogP contribution in [0, 0.1) is 15.5 Å². The minimum atomic E-state index is -4.01. The van der Waals surface area contributed by atoms with Crippen molar-refractivity contribution in [3.8, 4) is 5.75 Å². The molecule has 0 unspecified atom stereocenters. The van der Waals surface area contributed by atoms with Crippen LogP contribution in [-0.4, -0.2) is 19.9 Å². The first kappa shape index (κ1) is 15.7. The van der Waals surface area contributed by atoms with Gasteiger partial charge in [0.1, 0.15) is 0 Å². The molecule has 0 saturated heterocycles. The van der Waals surface area contributed by atoms with Crippen molar-refractivity contribution in [1.29, 1.82) is 0 Å². The summed E-state index contributed by atoms with van der Waals surface area (Å²) in [5, 5.41) is 10.9. The van der Waals surface area contributed by atoms with Gasteiger partial charge in [-0.1, -0.05) is 20.8 Å². The van der Waals surface area contributed by atoms with E-state index >= 15 is 0 Å². The zero-order valence-electron chi connectivity index (χ0n) is 10.7. The molecule has 0 fully saturated rings. The third-order valence-corrected chi connectivity index (χ3v) is 3.42. The summed E-state index contributed by atoms with van der Waals surface area (Å²) in [6, 6.07) is 3.30. The number of nitro groups is 1. The van der Waals surface area contributed by atoms with E-state index in [9.17, 15) is 18.5 Å². The van der Waals surface area contributed by atoms with E-state index in [4.69, 9.17) is 15.4 Å². The standard InChI is InChI=1S/C11H14ClNO5S/c1-11(2,3)7-18-10-5-4-8(19(12,16)17)6-9(10)13(14)15/h4-6H,7H2,1-3H3. The van der Waals surface area contributed by atoms with E-state index < -0.39 is 19.7 Å². The molecule has 19 heavy (non-hydrogen) atoms. The van der Waals surface area contributed by atoms with Crippen molar-refractivity contribution < 1.29 is 18.1 Å². The fraction of sp³-hybridized carbons (Fsp3) is 0.455. The van der Waals surface area contributed by atoms with Crippen molar-refractivity contribution in [3.05, 3.63) is 28.3 Å². The molecular weight excluding hydrogens is 294 g/mol. The molecule has 0 aliphatic carbocycles. The van der Waals surface area contributed by atoms with Gasteiger partial charge in [0.25, 0.3) is 9.05 Å². The van der Waals surface area contributed by atoms with Gasteiger partial charge in [-0.25, -0.2) is 8.42 Å². The highest BCUT2D eigenvalue weighted by atomic mass is 35.7. The smallest absolute Gasteiger partial charge is 0.312 e. The molecule has 1 aromatic carbocycles. The highest BCUT2D eigenvalue weighted by Gasteiger charge is 2.22. The van der Waals surface area contributed by atoms with Crippen LogP contribution in [0.25, 0.3) is 0 Å². The Morgan fingerprint density at radius 1 is 1.37 bits per heavy atom. The van der Waals surface area contributed by atoms with Crippen molar-refractivity contribution in [2.45, 2.75) is 25.7 Å². The van der Waals surface area contributed by atoms with Crippen LogP contribution in [0.1, 0.15) is 20.8 Å². The normalized spacial score (nSPS) is 12.2. The Morgan fingerprint density at radius 2 is 1.95 bits per heavy atom. The van der Waals surface area contributed by atoms with Gasteiger partial charge in [-0.3, -0.25) is 10.1 Å². The zero-order valence-corrected chi connectivity index (χ0v) is 12.3. The van der Waals surface area contributed by atoms with Crippen molar-refractivity contribution in [2.24, 2.45) is 5.41 Å². The monoisotopic (exact) mass is 307 g/mol. The molecule has 0 aliphatic heterocycles. The molecule has 8 heteroatoms. The molecule has 1 aromatic rings. The van der Waals surface area contributed by atoms with Crippen molar-refractivity contribution in [3.63, 3.8) is 0 Å². The molecule has 0 bridgehead atoms. The largest absolute Gasteiger partial charge is 0.486 e. The van der Waals surface area contributed by atoms with Crippen LogP contribution in [0.15, 0.2) is 23.1 Å². The van der Waals surface area contributed by atoms with E-state index in [1.807, 2.05) is 20.8 Å². The fourth-order valence-corrected chi connectivity index (χ4v) is 1.98. The molecule has 0 saturated carbocycles. The second kappa shape index (κ2) is 5.34. The predicted octanol–water partition coefficient (Wildman–Crippen LogP) is 2.95. The van der Waals surface area contributed by atoms with Crippen molar-refractivity contribution >= 4 is 25.4 Å². The SMILES string of the molecule is CC(C)(C)COc1ccc(S(=O)(=O)Cl)cc1[N+](=O)[O-]. The Kier molecular flexibility index (Phi) is 4.42. The van der Waals surface area contributed by atoms with Gasteiger partial charge in [0.15, 0.2) is 5.75 Å². The summed E-state index contributed by atoms with van der Waals surface area (Å²) in [6.45, 7) is 6.00. The van der Waals surface area contributed by atoms with E-state index in [1.54, 1.807) is 0 Å². The number of nitrogens with zero attached hydrogens (tertiary/aromatic N) is 1. The Morgan fingerprint density at radius 3 is 2.37 bits per heavy atom. The Bertz CT molecular complexity index is 592. The molecule has 6 nitrogen and oxygen atoms in total. The molecular formula is C11H14ClNO5S. The molecule has 0 amide bonds. The Balaban J connectivity index is 3.16. The van der Waals surface area contributed by atoms with Crippen LogP contribution in [0.2, 0.25) is 0 Å². The number of hydrogen-bond donors (Lipinski definition) is 0. The summed E-state index contributed by atoms with van der Waals surface area (Å²) in [5.41, 5.74) is -0.601. The van der Waals surface area contributed by atoms with Crippen LogP contribution in [0.3, 0.4) is 0 Å². The van der Waals surface area contributed by atoms with Crippen LogP contribution < -0.4 is 4.74 Å². The topological polar surface area (TPSA) is 86.5 Å². The van der Waals surface area contributed by atoms with Gasteiger partial charge in [0.05, 0.1) is 16.4 Å². The Hall–Kier alpha value is -1.34. The summed E-state index contributed by atoms with van der Waals surface area (Å²) in [5.74, 6) is 0.0176. The van der Waals surface area contributed by atoms with Crippen LogP contribution in [0.5, 0.6) is 5.75 Å². The van der Waals surface area contributed by atoms with Crippen LogP contribution in [0.4, 0.5) is 5.69 Å². The average Bonchev–Trinajstić information content (AvgIpc) is 2.23. The van der Waals surface area contributed by atoms with Crippen molar-refractivity contribution in [1.82, 2.24) is 0 Å². The average molecular weight is 308 g/mol. The Labute approximate surface area is 115 Å². The van der Waals surface area contributed by atoms with Gasteiger partial charge in [-0.05, 0) is 17.5 Å². The molecule has 0 aliphatic rings. The van der Waals surface area contributed by atoms with Gasteiger partial charge >= 0.3 is 5.69 Å². The number of benzene rings is 1. The summed E-state index contributed by atoms with van der Waals surface area (Å²) >= 11 is 0. The van der Waals surface area contributed by atoms with Gasteiger partial charge in [-0.2, -0.15) is 0 Å². The molecule has 106 valence electrons. The second-order valence-corrected chi connectivity index (χ2v) is 7.74. The van der Waals surface area contributed by atoms with Gasteiger partial charge < -0.3 is 4.74 Å². The third-order valence-electron chi connectivity index (χ3n) is 2.07. The molecule has 0 atom stereocenters. The van der Waals surface area contributed by atoms with E-state index in [-0.39, 0.29) is 22.7 Å². The lowest BCUT2D eigenvalue weighted by atomic mass is 9.99. The maximum atomic E-state index is 11.1. The lowest BCUT2D eigenvalue weighted by molar-refractivity contribution is -0.386. The molecule has 0 heterocycles. The lowest BCUT2D eigenvalue weighted by Gasteiger charge is -2.18. The number of nitro benzene ring substituents is 1. The van der Waals surface area contributed by atoms with Gasteiger partial charge in [0, 0.05) is 16.7 Å². The number of ether oxygens (including phenoxy) is 1. The second-order valence-electron chi connectivity index (χ2n) is 5.17. The van der Waals surface area contributed by atoms with E-state index in [1.165, 1.54) is 12.1 Å². The summed E-state index contributed by atoms with van der Waals surface area (Å²) < 4.78 is 27.6. The quantitative estimate of drug-likeness (QED) is 0.485. The highest BCUT2D eigenvalue weighted by molar-refractivity contribution is 8.13. The number of halogens is 1. The highest BCUT2D eigenvalue weighted by Crippen LogP contribution is 2.32. The first-order valence-electron chi connectivity index (χ1n) is 5.36. The van der Waals surface area contributed by atoms with E-state index in [0.717, 1.165) is 6.07 Å². The zero-order chi connectivity index (χ0) is 14.8. The molecule has 1 rings (SSSR count). The summed E-state index contributed by atoms with van der Waals surface area (Å²) in [7, 11) is 1.14. The predicted molar refractivity (Wildman–Crippen MR) is 71.1 cm³/mol. The van der Waals surface area contributed by atoms with Gasteiger partial charge in [-0.15, -0.1) is 0 Å². The molecule has 0 radical (unpaired) electrons. The first-order chi connectivity index (χ1) is 8.50. The minimum absolute atomic E-state index is 0.0176. The van der Waals surface area contributed by atoms with Crippen LogP contribution >= 0.6 is 10.7 Å². The fourth-order valence-electron chi connectivity index (χ4n) is 1.21. The lowest BCUT2D eigenvalue weighted by Crippen LogP contribution is -2.17. The minimum Gasteiger partial charge on any atom is -0.486 e. The molecule has 0 N–H and O–H groups in total. The van der Waals surface area contributed by atoms with E-state index in [2.05, 4.69) is 0 Å². The molecule has 0 spiro atoms. The number of rotatable bonds is 4. The third kappa shape index (κ3) is 4.68.